The van der Waals surface area contributed by atoms with Gasteiger partial charge < -0.3 is 5.73 Å². The summed E-state index contributed by atoms with van der Waals surface area (Å²) in [5, 5.41) is 0.675. The number of nitrogen functional groups attached to an aromatic ring is 1. The van der Waals surface area contributed by atoms with E-state index in [1.54, 1.807) is 17.8 Å². The second-order valence-electron chi connectivity index (χ2n) is 2.78. The molecule has 1 aromatic carbocycles. The van der Waals surface area contributed by atoms with Gasteiger partial charge in [-0.15, -0.1) is 11.8 Å². The molecule has 0 radical (unpaired) electrons. The average molecular weight is 274 g/mol. The number of anilines is 1. The number of hydrogen-bond acceptors (Lipinski definition) is 3. The predicted octanol–water partition coefficient (Wildman–Crippen LogP) is 2.96. The molecule has 0 saturated carbocycles. The number of benzene rings is 1. The number of para-hydroxylation sites is 1. The Hall–Kier alpha value is -0.480. The molecule has 0 unspecified atom stereocenters. The average Bonchev–Trinajstić information content (AvgIpc) is 2.18. The van der Waals surface area contributed by atoms with Gasteiger partial charge in [-0.1, -0.05) is 22.0 Å². The standard InChI is InChI=1S/C10H12BrNOS/c1-14-9-4-2-3-7(10(9)12)8(13)5-6-11/h2-4H,5-6,12H2,1H3. The zero-order valence-corrected chi connectivity index (χ0v) is 10.3. The molecule has 0 aliphatic heterocycles. The van der Waals surface area contributed by atoms with E-state index in [2.05, 4.69) is 15.9 Å². The molecule has 0 bridgehead atoms. The molecule has 1 rings (SSSR count). The minimum atomic E-state index is 0.0928. The summed E-state index contributed by atoms with van der Waals surface area (Å²) in [6, 6.07) is 5.56. The number of hydrogen-bond donors (Lipinski definition) is 1. The number of carbonyl (C=O) groups is 1. The van der Waals surface area contributed by atoms with Crippen LogP contribution >= 0.6 is 27.7 Å². The summed E-state index contributed by atoms with van der Waals surface area (Å²) in [4.78, 5) is 12.6. The van der Waals surface area contributed by atoms with Gasteiger partial charge in [0.25, 0.3) is 0 Å². The molecule has 1 aromatic rings. The predicted molar refractivity (Wildman–Crippen MR) is 65.4 cm³/mol. The molecule has 14 heavy (non-hydrogen) atoms. The van der Waals surface area contributed by atoms with Gasteiger partial charge in [0, 0.05) is 22.2 Å². The highest BCUT2D eigenvalue weighted by molar-refractivity contribution is 9.09. The highest BCUT2D eigenvalue weighted by Crippen LogP contribution is 2.26. The molecule has 0 saturated heterocycles. The third-order valence-electron chi connectivity index (χ3n) is 1.91. The van der Waals surface area contributed by atoms with E-state index in [4.69, 9.17) is 5.73 Å². The maximum atomic E-state index is 11.6. The van der Waals surface area contributed by atoms with Crippen molar-refractivity contribution in [1.29, 1.82) is 0 Å². The fourth-order valence-corrected chi connectivity index (χ4v) is 2.09. The third-order valence-corrected chi connectivity index (χ3v) is 3.10. The maximum Gasteiger partial charge on any atom is 0.165 e. The number of alkyl halides is 1. The SMILES string of the molecule is CSc1cccc(C(=O)CCBr)c1N. The minimum absolute atomic E-state index is 0.0928. The molecule has 2 nitrogen and oxygen atoms in total. The van der Waals surface area contributed by atoms with Crippen LogP contribution in [0.4, 0.5) is 5.69 Å². The van der Waals surface area contributed by atoms with Gasteiger partial charge in [-0.3, -0.25) is 4.79 Å². The molecular weight excluding hydrogens is 262 g/mol. The lowest BCUT2D eigenvalue weighted by Gasteiger charge is -2.07. The van der Waals surface area contributed by atoms with E-state index in [9.17, 15) is 4.79 Å². The number of Topliss-reactive ketones (excluding diaryl/α,β-unsaturated/α-hetero) is 1. The van der Waals surface area contributed by atoms with E-state index in [0.29, 0.717) is 23.0 Å². The van der Waals surface area contributed by atoms with Gasteiger partial charge in [0.2, 0.25) is 0 Å². The largest absolute Gasteiger partial charge is 0.397 e. The van der Waals surface area contributed by atoms with E-state index >= 15 is 0 Å². The fourth-order valence-electron chi connectivity index (χ4n) is 1.19. The molecule has 0 aliphatic carbocycles. The van der Waals surface area contributed by atoms with E-state index in [1.807, 2.05) is 18.4 Å². The van der Waals surface area contributed by atoms with Crippen LogP contribution in [0.3, 0.4) is 0 Å². The Morgan fingerprint density at radius 3 is 2.86 bits per heavy atom. The number of carbonyl (C=O) groups excluding carboxylic acids is 1. The normalized spacial score (nSPS) is 10.1. The number of nitrogens with two attached hydrogens (primary N) is 1. The Kier molecular flexibility index (Phi) is 4.48. The molecule has 0 aromatic heterocycles. The van der Waals surface area contributed by atoms with Crippen molar-refractivity contribution >= 4 is 39.2 Å². The molecule has 76 valence electrons. The summed E-state index contributed by atoms with van der Waals surface area (Å²) < 4.78 is 0. The summed E-state index contributed by atoms with van der Waals surface area (Å²) in [7, 11) is 0. The van der Waals surface area contributed by atoms with Gasteiger partial charge >= 0.3 is 0 Å². The second-order valence-corrected chi connectivity index (χ2v) is 4.42. The Labute approximate surface area is 96.4 Å². The molecule has 0 fully saturated rings. The van der Waals surface area contributed by atoms with Crippen molar-refractivity contribution < 1.29 is 4.79 Å². The van der Waals surface area contributed by atoms with Crippen LogP contribution in [-0.2, 0) is 0 Å². The molecule has 4 heteroatoms. The summed E-state index contributed by atoms with van der Waals surface area (Å²) in [6.07, 6.45) is 2.44. The first-order chi connectivity index (χ1) is 6.70. The van der Waals surface area contributed by atoms with E-state index in [1.165, 1.54) is 0 Å². The first kappa shape index (κ1) is 11.6. The Morgan fingerprint density at radius 1 is 1.57 bits per heavy atom. The zero-order valence-electron chi connectivity index (χ0n) is 7.92. The fraction of sp³-hybridized carbons (Fsp3) is 0.300. The smallest absolute Gasteiger partial charge is 0.165 e. The Balaban J connectivity index is 3.03. The van der Waals surface area contributed by atoms with Crippen molar-refractivity contribution in [1.82, 2.24) is 0 Å². The van der Waals surface area contributed by atoms with Crippen LogP contribution in [0.15, 0.2) is 23.1 Å². The van der Waals surface area contributed by atoms with Crippen molar-refractivity contribution in [2.45, 2.75) is 11.3 Å². The highest BCUT2D eigenvalue weighted by Gasteiger charge is 2.10. The van der Waals surface area contributed by atoms with Crippen LogP contribution in [0.2, 0.25) is 0 Å². The Morgan fingerprint density at radius 2 is 2.29 bits per heavy atom. The molecule has 0 amide bonds. The zero-order chi connectivity index (χ0) is 10.6. The first-order valence-corrected chi connectivity index (χ1v) is 6.57. The van der Waals surface area contributed by atoms with E-state index in [-0.39, 0.29) is 5.78 Å². The van der Waals surface area contributed by atoms with Gasteiger partial charge in [-0.25, -0.2) is 0 Å². The first-order valence-electron chi connectivity index (χ1n) is 4.22. The van der Waals surface area contributed by atoms with Crippen LogP contribution in [0.5, 0.6) is 0 Å². The van der Waals surface area contributed by atoms with Gasteiger partial charge in [-0.2, -0.15) is 0 Å². The van der Waals surface area contributed by atoms with E-state index in [0.717, 1.165) is 4.90 Å². The number of thioether (sulfide) groups is 1. The lowest BCUT2D eigenvalue weighted by Crippen LogP contribution is -2.05. The lowest BCUT2D eigenvalue weighted by atomic mass is 10.1. The van der Waals surface area contributed by atoms with Crippen LogP contribution in [0.1, 0.15) is 16.8 Å². The summed E-state index contributed by atoms with van der Waals surface area (Å²) >= 11 is 4.80. The van der Waals surface area contributed by atoms with Gasteiger partial charge in [0.1, 0.15) is 0 Å². The highest BCUT2D eigenvalue weighted by atomic mass is 79.9. The molecule has 0 aliphatic rings. The van der Waals surface area contributed by atoms with Crippen LogP contribution < -0.4 is 5.73 Å². The van der Waals surface area contributed by atoms with Gasteiger partial charge in [0.15, 0.2) is 5.78 Å². The topological polar surface area (TPSA) is 43.1 Å². The van der Waals surface area contributed by atoms with Crippen LogP contribution in [0, 0.1) is 0 Å². The summed E-state index contributed by atoms with van der Waals surface area (Å²) in [5.74, 6) is 0.0928. The van der Waals surface area contributed by atoms with Crippen molar-refractivity contribution in [2.24, 2.45) is 0 Å². The molecular formula is C10H12BrNOS. The molecule has 0 atom stereocenters. The second kappa shape index (κ2) is 5.41. The van der Waals surface area contributed by atoms with Gasteiger partial charge in [-0.05, 0) is 18.4 Å². The maximum absolute atomic E-state index is 11.6. The van der Waals surface area contributed by atoms with Crippen LogP contribution in [-0.4, -0.2) is 17.4 Å². The lowest BCUT2D eigenvalue weighted by molar-refractivity contribution is 0.0990. The van der Waals surface area contributed by atoms with Crippen molar-refractivity contribution in [3.05, 3.63) is 23.8 Å². The number of rotatable bonds is 4. The number of ketones is 1. The van der Waals surface area contributed by atoms with Gasteiger partial charge in [0.05, 0.1) is 5.69 Å². The van der Waals surface area contributed by atoms with Crippen LogP contribution in [0.25, 0.3) is 0 Å². The Bertz CT molecular complexity index is 341. The number of halogens is 1. The molecule has 0 heterocycles. The van der Waals surface area contributed by atoms with Crippen molar-refractivity contribution in [3.63, 3.8) is 0 Å². The minimum Gasteiger partial charge on any atom is -0.397 e. The monoisotopic (exact) mass is 273 g/mol. The molecule has 0 spiro atoms. The van der Waals surface area contributed by atoms with Crippen molar-refractivity contribution in [3.8, 4) is 0 Å². The van der Waals surface area contributed by atoms with E-state index < -0.39 is 0 Å². The van der Waals surface area contributed by atoms with Crippen molar-refractivity contribution in [2.75, 3.05) is 17.3 Å². The summed E-state index contributed by atoms with van der Waals surface area (Å²) in [6.45, 7) is 0. The third kappa shape index (κ3) is 2.51. The quantitative estimate of drug-likeness (QED) is 0.397. The molecule has 2 N–H and O–H groups in total. The summed E-state index contributed by atoms with van der Waals surface area (Å²) in [5.41, 5.74) is 7.11.